The summed E-state index contributed by atoms with van der Waals surface area (Å²) in [6.07, 6.45) is 6.68. The average Bonchev–Trinajstić information content (AvgIpc) is 3.02. The number of fused-ring (bicyclic) bond motifs is 1. The standard InChI is InChI=1S/C17H24N2O/c1-13(2)11-17(9-5-6-10-17)12-18-16-19-14-7-3-4-8-15(14)20-16/h3-4,7-8,13H,5-6,9-12H2,1-2H3,(H,18,19). The van der Waals surface area contributed by atoms with Gasteiger partial charge in [0.2, 0.25) is 0 Å². The Morgan fingerprint density at radius 1 is 1.25 bits per heavy atom. The molecule has 0 atom stereocenters. The fourth-order valence-corrected chi connectivity index (χ4v) is 3.66. The number of nitrogens with one attached hydrogen (secondary N) is 1. The molecule has 3 rings (SSSR count). The third-order valence-electron chi connectivity index (χ3n) is 4.41. The fraction of sp³-hybridized carbons (Fsp3) is 0.588. The first-order valence-corrected chi connectivity index (χ1v) is 7.76. The molecule has 0 aliphatic heterocycles. The van der Waals surface area contributed by atoms with Crippen molar-refractivity contribution in [1.82, 2.24) is 4.98 Å². The molecule has 1 fully saturated rings. The molecule has 0 amide bonds. The maximum atomic E-state index is 5.76. The molecule has 1 aromatic heterocycles. The van der Waals surface area contributed by atoms with Gasteiger partial charge < -0.3 is 9.73 Å². The number of benzene rings is 1. The first kappa shape index (κ1) is 13.5. The molecule has 0 spiro atoms. The molecule has 1 aliphatic carbocycles. The van der Waals surface area contributed by atoms with E-state index in [1.54, 1.807) is 0 Å². The van der Waals surface area contributed by atoms with Gasteiger partial charge in [-0.05, 0) is 42.7 Å². The number of anilines is 1. The second-order valence-electron chi connectivity index (χ2n) is 6.65. The van der Waals surface area contributed by atoms with Crippen LogP contribution in [0.2, 0.25) is 0 Å². The van der Waals surface area contributed by atoms with Crippen LogP contribution in [-0.4, -0.2) is 11.5 Å². The Morgan fingerprint density at radius 2 is 2.00 bits per heavy atom. The van der Waals surface area contributed by atoms with Crippen molar-refractivity contribution >= 4 is 17.1 Å². The summed E-state index contributed by atoms with van der Waals surface area (Å²) in [7, 11) is 0. The van der Waals surface area contributed by atoms with E-state index in [9.17, 15) is 0 Å². The summed E-state index contributed by atoms with van der Waals surface area (Å²) in [6, 6.07) is 8.60. The zero-order valence-electron chi connectivity index (χ0n) is 12.5. The van der Waals surface area contributed by atoms with Crippen molar-refractivity contribution in [1.29, 1.82) is 0 Å². The highest BCUT2D eigenvalue weighted by Crippen LogP contribution is 2.43. The van der Waals surface area contributed by atoms with Crippen molar-refractivity contribution in [3.8, 4) is 0 Å². The van der Waals surface area contributed by atoms with Crippen LogP contribution in [-0.2, 0) is 0 Å². The van der Waals surface area contributed by atoms with Gasteiger partial charge in [0, 0.05) is 6.54 Å². The minimum Gasteiger partial charge on any atom is -0.424 e. The molecule has 3 heteroatoms. The van der Waals surface area contributed by atoms with Gasteiger partial charge in [0.05, 0.1) is 0 Å². The summed E-state index contributed by atoms with van der Waals surface area (Å²) in [5, 5.41) is 3.44. The van der Waals surface area contributed by atoms with Crippen molar-refractivity contribution in [3.05, 3.63) is 24.3 Å². The number of hydrogen-bond donors (Lipinski definition) is 1. The number of hydrogen-bond acceptors (Lipinski definition) is 3. The monoisotopic (exact) mass is 272 g/mol. The third-order valence-corrected chi connectivity index (χ3v) is 4.41. The van der Waals surface area contributed by atoms with Crippen LogP contribution in [0.25, 0.3) is 11.1 Å². The molecule has 1 N–H and O–H groups in total. The largest absolute Gasteiger partial charge is 0.424 e. The first-order valence-electron chi connectivity index (χ1n) is 7.76. The number of oxazole rings is 1. The van der Waals surface area contributed by atoms with Crippen LogP contribution in [0.1, 0.15) is 46.0 Å². The van der Waals surface area contributed by atoms with Gasteiger partial charge in [-0.15, -0.1) is 0 Å². The molecule has 1 saturated carbocycles. The van der Waals surface area contributed by atoms with E-state index in [0.29, 0.717) is 11.4 Å². The summed E-state index contributed by atoms with van der Waals surface area (Å²) >= 11 is 0. The lowest BCUT2D eigenvalue weighted by molar-refractivity contribution is 0.251. The second-order valence-corrected chi connectivity index (χ2v) is 6.65. The highest BCUT2D eigenvalue weighted by atomic mass is 16.4. The lowest BCUT2D eigenvalue weighted by Crippen LogP contribution is -2.28. The molecule has 3 nitrogen and oxygen atoms in total. The summed E-state index contributed by atoms with van der Waals surface area (Å²) < 4.78 is 5.76. The van der Waals surface area contributed by atoms with Crippen molar-refractivity contribution in [2.75, 3.05) is 11.9 Å². The van der Waals surface area contributed by atoms with E-state index in [1.807, 2.05) is 24.3 Å². The van der Waals surface area contributed by atoms with Crippen molar-refractivity contribution in [3.63, 3.8) is 0 Å². The molecule has 1 aromatic carbocycles. The summed E-state index contributed by atoms with van der Waals surface area (Å²) in [5.74, 6) is 0.749. The zero-order valence-corrected chi connectivity index (χ0v) is 12.5. The van der Waals surface area contributed by atoms with E-state index in [0.717, 1.165) is 23.6 Å². The minimum atomic E-state index is 0.439. The Labute approximate surface area is 120 Å². The lowest BCUT2D eigenvalue weighted by Gasteiger charge is -2.30. The van der Waals surface area contributed by atoms with Crippen molar-refractivity contribution in [2.45, 2.75) is 46.0 Å². The molecule has 1 heterocycles. The molecule has 1 aliphatic rings. The average molecular weight is 272 g/mol. The van der Waals surface area contributed by atoms with E-state index in [2.05, 4.69) is 24.1 Å². The predicted molar refractivity (Wildman–Crippen MR) is 82.9 cm³/mol. The van der Waals surface area contributed by atoms with E-state index in [1.165, 1.54) is 32.1 Å². The van der Waals surface area contributed by atoms with Crippen LogP contribution in [0.4, 0.5) is 6.01 Å². The summed E-state index contributed by atoms with van der Waals surface area (Å²) in [6.45, 7) is 5.62. The minimum absolute atomic E-state index is 0.439. The first-order chi connectivity index (χ1) is 9.67. The highest BCUT2D eigenvalue weighted by molar-refractivity contribution is 5.74. The topological polar surface area (TPSA) is 38.1 Å². The molecule has 20 heavy (non-hydrogen) atoms. The number of nitrogens with zero attached hydrogens (tertiary/aromatic N) is 1. The Bertz CT molecular complexity index is 534. The maximum Gasteiger partial charge on any atom is 0.295 e. The van der Waals surface area contributed by atoms with E-state index in [-0.39, 0.29) is 0 Å². The quantitative estimate of drug-likeness (QED) is 0.845. The van der Waals surface area contributed by atoms with Crippen LogP contribution in [0.15, 0.2) is 28.7 Å². The molecule has 108 valence electrons. The normalized spacial score (nSPS) is 17.9. The van der Waals surface area contributed by atoms with Gasteiger partial charge >= 0.3 is 0 Å². The van der Waals surface area contributed by atoms with Gasteiger partial charge in [0.25, 0.3) is 6.01 Å². The van der Waals surface area contributed by atoms with Gasteiger partial charge in [0.1, 0.15) is 5.52 Å². The molecular formula is C17H24N2O. The SMILES string of the molecule is CC(C)CC1(CNc2nc3ccccc3o2)CCCC1. The number of rotatable bonds is 5. The second kappa shape index (κ2) is 5.47. The molecule has 2 aromatic rings. The maximum absolute atomic E-state index is 5.76. The summed E-state index contributed by atoms with van der Waals surface area (Å²) in [5.41, 5.74) is 2.23. The van der Waals surface area contributed by atoms with Gasteiger partial charge in [-0.2, -0.15) is 4.98 Å². The van der Waals surface area contributed by atoms with E-state index < -0.39 is 0 Å². The van der Waals surface area contributed by atoms with Crippen LogP contribution in [0, 0.1) is 11.3 Å². The van der Waals surface area contributed by atoms with Crippen molar-refractivity contribution < 1.29 is 4.42 Å². The number of para-hydroxylation sites is 2. The van der Waals surface area contributed by atoms with Gasteiger partial charge in [-0.25, -0.2) is 0 Å². The molecule has 0 saturated heterocycles. The Hall–Kier alpha value is -1.51. The van der Waals surface area contributed by atoms with Crippen LogP contribution >= 0.6 is 0 Å². The van der Waals surface area contributed by atoms with E-state index in [4.69, 9.17) is 4.42 Å². The highest BCUT2D eigenvalue weighted by Gasteiger charge is 2.34. The van der Waals surface area contributed by atoms with Crippen LogP contribution in [0.3, 0.4) is 0 Å². The molecule has 0 unspecified atom stereocenters. The predicted octanol–water partition coefficient (Wildman–Crippen LogP) is 4.85. The Kier molecular flexibility index (Phi) is 3.68. The zero-order chi connectivity index (χ0) is 14.0. The third kappa shape index (κ3) is 2.82. The van der Waals surface area contributed by atoms with Gasteiger partial charge in [-0.1, -0.05) is 38.8 Å². The molecular weight excluding hydrogens is 248 g/mol. The smallest absolute Gasteiger partial charge is 0.295 e. The van der Waals surface area contributed by atoms with Crippen molar-refractivity contribution in [2.24, 2.45) is 11.3 Å². The molecule has 0 radical (unpaired) electrons. The fourth-order valence-electron chi connectivity index (χ4n) is 3.66. The van der Waals surface area contributed by atoms with E-state index >= 15 is 0 Å². The molecule has 0 bridgehead atoms. The lowest BCUT2D eigenvalue weighted by atomic mass is 9.78. The number of aromatic nitrogens is 1. The Balaban J connectivity index is 1.70. The van der Waals surface area contributed by atoms with Crippen LogP contribution < -0.4 is 5.32 Å². The van der Waals surface area contributed by atoms with Gasteiger partial charge in [0.15, 0.2) is 5.58 Å². The Morgan fingerprint density at radius 3 is 2.70 bits per heavy atom. The summed E-state index contributed by atoms with van der Waals surface area (Å²) in [4.78, 5) is 4.51. The van der Waals surface area contributed by atoms with Gasteiger partial charge in [-0.3, -0.25) is 0 Å². The van der Waals surface area contributed by atoms with Crippen LogP contribution in [0.5, 0.6) is 0 Å².